The maximum atomic E-state index is 11.9. The molecule has 86 valence electrons. The Morgan fingerprint density at radius 2 is 2.38 bits per heavy atom. The van der Waals surface area contributed by atoms with E-state index in [9.17, 15) is 4.79 Å². The van der Waals surface area contributed by atoms with E-state index in [0.717, 1.165) is 18.5 Å². The van der Waals surface area contributed by atoms with Gasteiger partial charge >= 0.3 is 5.97 Å². The van der Waals surface area contributed by atoms with Crippen LogP contribution in [-0.4, -0.2) is 26.2 Å². The van der Waals surface area contributed by atoms with Crippen molar-refractivity contribution < 1.29 is 9.53 Å². The van der Waals surface area contributed by atoms with Crippen LogP contribution in [-0.2, 0) is 14.9 Å². The lowest BCUT2D eigenvalue weighted by Gasteiger charge is -2.25. The highest BCUT2D eigenvalue weighted by atomic mass is 35.5. The Bertz CT molecular complexity index is 400. The smallest absolute Gasteiger partial charge is 0.317 e. The highest BCUT2D eigenvalue weighted by Crippen LogP contribution is 2.33. The largest absolute Gasteiger partial charge is 0.468 e. The summed E-state index contributed by atoms with van der Waals surface area (Å²) < 4.78 is 4.91. The quantitative estimate of drug-likeness (QED) is 0.799. The average Bonchev–Trinajstić information content (AvgIpc) is 2.78. The van der Waals surface area contributed by atoms with Gasteiger partial charge in [-0.05, 0) is 30.7 Å². The fraction of sp³-hybridized carbons (Fsp3) is 0.417. The Hall–Kier alpha value is -1.06. The number of carbonyl (C=O) groups excluding carboxylic acids is 1. The van der Waals surface area contributed by atoms with Gasteiger partial charge in [-0.1, -0.05) is 23.7 Å². The van der Waals surface area contributed by atoms with Crippen LogP contribution in [0.15, 0.2) is 24.3 Å². The number of methoxy groups -OCH3 is 1. The molecule has 0 amide bonds. The Kier molecular flexibility index (Phi) is 3.17. The Balaban J connectivity index is 2.43. The van der Waals surface area contributed by atoms with Crippen molar-refractivity contribution in [2.24, 2.45) is 0 Å². The van der Waals surface area contributed by atoms with Crippen molar-refractivity contribution in [3.63, 3.8) is 0 Å². The summed E-state index contributed by atoms with van der Waals surface area (Å²) in [5.41, 5.74) is 0.358. The lowest BCUT2D eigenvalue weighted by molar-refractivity contribution is -0.146. The fourth-order valence-electron chi connectivity index (χ4n) is 2.21. The van der Waals surface area contributed by atoms with Crippen LogP contribution in [0.2, 0.25) is 5.02 Å². The van der Waals surface area contributed by atoms with Crippen molar-refractivity contribution in [2.75, 3.05) is 20.2 Å². The third-order valence-electron chi connectivity index (χ3n) is 3.11. The van der Waals surface area contributed by atoms with E-state index in [2.05, 4.69) is 5.32 Å². The maximum Gasteiger partial charge on any atom is 0.317 e. The molecule has 0 saturated carbocycles. The van der Waals surface area contributed by atoms with Gasteiger partial charge < -0.3 is 10.1 Å². The van der Waals surface area contributed by atoms with Crippen LogP contribution in [0.4, 0.5) is 0 Å². The van der Waals surface area contributed by atoms with Crippen LogP contribution in [0.1, 0.15) is 12.0 Å². The lowest BCUT2D eigenvalue weighted by atomic mass is 9.80. The number of halogens is 1. The molecule has 1 unspecified atom stereocenters. The van der Waals surface area contributed by atoms with Gasteiger partial charge in [0.05, 0.1) is 7.11 Å². The molecule has 1 aromatic carbocycles. The summed E-state index contributed by atoms with van der Waals surface area (Å²) in [5, 5.41) is 3.85. The predicted molar refractivity (Wildman–Crippen MR) is 62.6 cm³/mol. The molecule has 0 aromatic heterocycles. The van der Waals surface area contributed by atoms with Crippen molar-refractivity contribution >= 4 is 17.6 Å². The lowest BCUT2D eigenvalue weighted by Crippen LogP contribution is -2.39. The molecule has 0 aliphatic carbocycles. The Morgan fingerprint density at radius 1 is 1.56 bits per heavy atom. The first-order valence-corrected chi connectivity index (χ1v) is 5.62. The van der Waals surface area contributed by atoms with E-state index in [-0.39, 0.29) is 5.97 Å². The van der Waals surface area contributed by atoms with E-state index >= 15 is 0 Å². The molecule has 0 bridgehead atoms. The molecule has 3 nitrogen and oxygen atoms in total. The topological polar surface area (TPSA) is 38.3 Å². The fourth-order valence-corrected chi connectivity index (χ4v) is 2.40. The second-order valence-electron chi connectivity index (χ2n) is 4.01. The van der Waals surface area contributed by atoms with E-state index in [1.807, 2.05) is 18.2 Å². The number of hydrogen-bond acceptors (Lipinski definition) is 3. The predicted octanol–water partition coefficient (Wildman–Crippen LogP) is 1.74. The summed E-state index contributed by atoms with van der Waals surface area (Å²) >= 11 is 5.96. The number of esters is 1. The number of benzene rings is 1. The number of rotatable bonds is 2. The molecule has 2 rings (SSSR count). The molecule has 1 fully saturated rings. The zero-order valence-corrected chi connectivity index (χ0v) is 9.88. The molecule has 4 heteroatoms. The van der Waals surface area contributed by atoms with Crippen molar-refractivity contribution in [1.82, 2.24) is 5.32 Å². The second-order valence-corrected chi connectivity index (χ2v) is 4.45. The molecule has 1 heterocycles. The SMILES string of the molecule is COC(=O)C1(c2cccc(Cl)c2)CCNC1. The van der Waals surface area contributed by atoms with Crippen LogP contribution in [0.3, 0.4) is 0 Å². The molecule has 0 spiro atoms. The van der Waals surface area contributed by atoms with Gasteiger partial charge in [0.2, 0.25) is 0 Å². The molecule has 1 aromatic rings. The monoisotopic (exact) mass is 239 g/mol. The minimum atomic E-state index is -0.570. The zero-order valence-electron chi connectivity index (χ0n) is 9.13. The van der Waals surface area contributed by atoms with Crippen molar-refractivity contribution in [1.29, 1.82) is 0 Å². The van der Waals surface area contributed by atoms with Crippen LogP contribution >= 0.6 is 11.6 Å². The number of ether oxygens (including phenoxy) is 1. The van der Waals surface area contributed by atoms with E-state index in [1.165, 1.54) is 7.11 Å². The molecule has 0 radical (unpaired) electrons. The van der Waals surface area contributed by atoms with Gasteiger partial charge in [-0.25, -0.2) is 0 Å². The summed E-state index contributed by atoms with van der Waals surface area (Å²) in [6, 6.07) is 7.43. The van der Waals surface area contributed by atoms with Crippen LogP contribution in [0, 0.1) is 0 Å². The van der Waals surface area contributed by atoms with Crippen LogP contribution in [0.5, 0.6) is 0 Å². The molecule has 16 heavy (non-hydrogen) atoms. The third kappa shape index (κ3) is 1.81. The Morgan fingerprint density at radius 3 is 2.94 bits per heavy atom. The first-order valence-electron chi connectivity index (χ1n) is 5.24. The van der Waals surface area contributed by atoms with Gasteiger partial charge in [0.1, 0.15) is 5.41 Å². The number of hydrogen-bond donors (Lipinski definition) is 1. The summed E-state index contributed by atoms with van der Waals surface area (Å²) in [7, 11) is 1.42. The molecular weight excluding hydrogens is 226 g/mol. The second kappa shape index (κ2) is 4.44. The normalized spacial score (nSPS) is 24.4. The summed E-state index contributed by atoms with van der Waals surface area (Å²) in [6.07, 6.45) is 0.750. The molecule has 1 N–H and O–H groups in total. The van der Waals surface area contributed by atoms with Crippen molar-refractivity contribution in [2.45, 2.75) is 11.8 Å². The van der Waals surface area contributed by atoms with E-state index in [0.29, 0.717) is 11.6 Å². The summed E-state index contributed by atoms with van der Waals surface area (Å²) in [6.45, 7) is 1.43. The van der Waals surface area contributed by atoms with Gasteiger partial charge in [0.15, 0.2) is 0 Å². The van der Waals surface area contributed by atoms with Gasteiger partial charge in [0.25, 0.3) is 0 Å². The standard InChI is InChI=1S/C12H14ClNO2/c1-16-11(15)12(5-6-14-8-12)9-3-2-4-10(13)7-9/h2-4,7,14H,5-6,8H2,1H3. The minimum absolute atomic E-state index is 0.195. The van der Waals surface area contributed by atoms with Gasteiger partial charge in [0, 0.05) is 11.6 Å². The molecule has 1 aliphatic heterocycles. The van der Waals surface area contributed by atoms with Crippen molar-refractivity contribution in [3.05, 3.63) is 34.9 Å². The van der Waals surface area contributed by atoms with E-state index in [4.69, 9.17) is 16.3 Å². The number of nitrogens with one attached hydrogen (secondary N) is 1. The molecule has 1 aliphatic rings. The zero-order chi connectivity index (χ0) is 11.6. The molecular formula is C12H14ClNO2. The highest BCUT2D eigenvalue weighted by molar-refractivity contribution is 6.30. The van der Waals surface area contributed by atoms with Gasteiger partial charge in [-0.3, -0.25) is 4.79 Å². The van der Waals surface area contributed by atoms with E-state index < -0.39 is 5.41 Å². The molecule has 1 atom stereocenters. The first-order chi connectivity index (χ1) is 7.69. The van der Waals surface area contributed by atoms with E-state index in [1.54, 1.807) is 6.07 Å². The van der Waals surface area contributed by atoms with Crippen LogP contribution in [0.25, 0.3) is 0 Å². The summed E-state index contributed by atoms with van der Waals surface area (Å²) in [5.74, 6) is -0.195. The van der Waals surface area contributed by atoms with Gasteiger partial charge in [-0.2, -0.15) is 0 Å². The van der Waals surface area contributed by atoms with Crippen LogP contribution < -0.4 is 5.32 Å². The van der Waals surface area contributed by atoms with Gasteiger partial charge in [-0.15, -0.1) is 0 Å². The maximum absolute atomic E-state index is 11.9. The highest BCUT2D eigenvalue weighted by Gasteiger charge is 2.43. The number of carbonyl (C=O) groups is 1. The van der Waals surface area contributed by atoms with Crippen molar-refractivity contribution in [3.8, 4) is 0 Å². The Labute approximate surface area is 99.7 Å². The average molecular weight is 240 g/mol. The third-order valence-corrected chi connectivity index (χ3v) is 3.34. The molecule has 1 saturated heterocycles. The summed E-state index contributed by atoms with van der Waals surface area (Å²) in [4.78, 5) is 11.9. The first kappa shape index (κ1) is 11.4. The minimum Gasteiger partial charge on any atom is -0.468 e.